The Kier molecular flexibility index (Phi) is 11.0. The van der Waals surface area contributed by atoms with E-state index in [-0.39, 0.29) is 24.7 Å². The Balaban J connectivity index is 0. The van der Waals surface area contributed by atoms with Gasteiger partial charge in [0.05, 0.1) is 7.11 Å². The summed E-state index contributed by atoms with van der Waals surface area (Å²) in [4.78, 5) is 44.3. The van der Waals surface area contributed by atoms with Crippen LogP contribution < -0.4 is 11.1 Å². The number of hydrogen-bond donors (Lipinski definition) is 2. The van der Waals surface area contributed by atoms with Gasteiger partial charge in [-0.1, -0.05) is 0 Å². The van der Waals surface area contributed by atoms with Crippen molar-refractivity contribution in [2.24, 2.45) is 5.73 Å². The second kappa shape index (κ2) is 10.8. The molecule has 0 spiro atoms. The van der Waals surface area contributed by atoms with Gasteiger partial charge in [0, 0.05) is 18.7 Å². The van der Waals surface area contributed by atoms with Crippen molar-refractivity contribution in [1.82, 2.24) is 5.32 Å². The lowest BCUT2D eigenvalue weighted by atomic mass is 10.2. The van der Waals surface area contributed by atoms with Gasteiger partial charge >= 0.3 is 11.9 Å². The fourth-order valence-electron chi connectivity index (χ4n) is 0.909. The van der Waals surface area contributed by atoms with Crippen molar-refractivity contribution in [1.29, 1.82) is 0 Å². The Hall–Kier alpha value is -1.93. The molecule has 120 valence electrons. The van der Waals surface area contributed by atoms with Crippen LogP contribution >= 0.6 is 12.4 Å². The smallest absolute Gasteiger partial charge is 0.330 e. The zero-order valence-corrected chi connectivity index (χ0v) is 12.8. The summed E-state index contributed by atoms with van der Waals surface area (Å²) in [7, 11) is 1.17. The lowest BCUT2D eigenvalue weighted by Gasteiger charge is -2.14. The van der Waals surface area contributed by atoms with Crippen molar-refractivity contribution in [2.75, 3.05) is 13.7 Å². The average Bonchev–Trinajstić information content (AvgIpc) is 2.41. The van der Waals surface area contributed by atoms with Gasteiger partial charge in [-0.05, 0) is 13.8 Å². The Labute approximate surface area is 128 Å². The molecular weight excluding hydrogens is 304 g/mol. The fraction of sp³-hybridized carbons (Fsp3) is 0.500. The number of ether oxygens (including phenoxy) is 2. The molecule has 0 aromatic heterocycles. The number of nitrogens with one attached hydrogen (secondary N) is 1. The molecule has 0 aliphatic carbocycles. The Bertz CT molecular complexity index is 424. The Morgan fingerprint density at radius 1 is 1.24 bits per heavy atom. The quantitative estimate of drug-likeness (QED) is 0.459. The molecule has 1 unspecified atom stereocenters. The highest BCUT2D eigenvalue weighted by Gasteiger charge is 2.20. The first-order valence-electron chi connectivity index (χ1n) is 5.78. The second-order valence-electron chi connectivity index (χ2n) is 3.90. The minimum Gasteiger partial charge on any atom is -0.466 e. The molecule has 0 bridgehead atoms. The van der Waals surface area contributed by atoms with Crippen LogP contribution in [0.4, 0.5) is 0 Å². The highest BCUT2D eigenvalue weighted by Crippen LogP contribution is 1.95. The maximum Gasteiger partial charge on any atom is 0.330 e. The lowest BCUT2D eigenvalue weighted by molar-refractivity contribution is -0.154. The number of hydrogen-bond acceptors (Lipinski definition) is 7. The summed E-state index contributed by atoms with van der Waals surface area (Å²) in [5, 5.41) is 2.30. The van der Waals surface area contributed by atoms with E-state index in [0.717, 1.165) is 12.2 Å². The number of Topliss-reactive ketones (excluding diaryl/α,β-unsaturated/α-hetero) is 1. The summed E-state index contributed by atoms with van der Waals surface area (Å²) >= 11 is 0. The third-order valence-electron chi connectivity index (χ3n) is 2.24. The largest absolute Gasteiger partial charge is 0.466 e. The topological polar surface area (TPSA) is 125 Å². The summed E-state index contributed by atoms with van der Waals surface area (Å²) in [6.45, 7) is 2.52. The number of methoxy groups -OCH3 is 1. The van der Waals surface area contributed by atoms with E-state index < -0.39 is 30.0 Å². The van der Waals surface area contributed by atoms with Gasteiger partial charge in [0.25, 0.3) is 0 Å². The molecule has 0 aliphatic rings. The minimum absolute atomic E-state index is 0. The molecule has 2 atom stereocenters. The fourth-order valence-corrected chi connectivity index (χ4v) is 0.909. The molecule has 0 heterocycles. The van der Waals surface area contributed by atoms with Gasteiger partial charge in [-0.25, -0.2) is 4.79 Å². The van der Waals surface area contributed by atoms with Crippen LogP contribution in [0, 0.1) is 0 Å². The van der Waals surface area contributed by atoms with Gasteiger partial charge < -0.3 is 20.5 Å². The molecule has 0 saturated carbocycles. The molecular formula is C12H19ClN2O6. The molecule has 0 fully saturated rings. The molecule has 9 heteroatoms. The number of carbonyl (C=O) groups is 4. The van der Waals surface area contributed by atoms with E-state index in [1.807, 2.05) is 0 Å². The van der Waals surface area contributed by atoms with Gasteiger partial charge in [0.2, 0.25) is 5.91 Å². The number of rotatable bonds is 7. The van der Waals surface area contributed by atoms with Crippen molar-refractivity contribution >= 4 is 36.0 Å². The van der Waals surface area contributed by atoms with Crippen LogP contribution in [0.25, 0.3) is 0 Å². The number of esters is 2. The van der Waals surface area contributed by atoms with Gasteiger partial charge in [-0.15, -0.1) is 12.4 Å². The standard InChI is InChI=1S/C12H18N2O6.ClH/c1-7(15)8(2)20-12(18)9(13)6-14-10(16)4-5-11(17)19-3;/h4-5,8-9H,6,13H2,1-3H3,(H,14,16);1H/b5-4+;/t8?,9-;/m0./s1. The highest BCUT2D eigenvalue weighted by molar-refractivity contribution is 5.94. The monoisotopic (exact) mass is 322 g/mol. The predicted octanol–water partition coefficient (Wildman–Crippen LogP) is -0.898. The van der Waals surface area contributed by atoms with E-state index in [0.29, 0.717) is 0 Å². The van der Waals surface area contributed by atoms with Crippen LogP contribution in [0.2, 0.25) is 0 Å². The van der Waals surface area contributed by atoms with Crippen LogP contribution in [0.5, 0.6) is 0 Å². The molecule has 3 N–H and O–H groups in total. The Morgan fingerprint density at radius 3 is 2.29 bits per heavy atom. The van der Waals surface area contributed by atoms with E-state index in [1.165, 1.54) is 21.0 Å². The van der Waals surface area contributed by atoms with E-state index in [9.17, 15) is 19.2 Å². The van der Waals surface area contributed by atoms with Crippen molar-refractivity contribution in [3.05, 3.63) is 12.2 Å². The van der Waals surface area contributed by atoms with Crippen LogP contribution in [0.15, 0.2) is 12.2 Å². The van der Waals surface area contributed by atoms with Crippen LogP contribution in [-0.2, 0) is 28.7 Å². The summed E-state index contributed by atoms with van der Waals surface area (Å²) in [5.74, 6) is -2.40. The molecule has 1 amide bonds. The first-order chi connectivity index (χ1) is 9.27. The zero-order chi connectivity index (χ0) is 15.7. The zero-order valence-electron chi connectivity index (χ0n) is 12.0. The van der Waals surface area contributed by atoms with Gasteiger partial charge in [0.1, 0.15) is 6.04 Å². The van der Waals surface area contributed by atoms with Crippen molar-refractivity contribution < 1.29 is 28.7 Å². The minimum atomic E-state index is -1.10. The van der Waals surface area contributed by atoms with Gasteiger partial charge in [-0.3, -0.25) is 14.4 Å². The first kappa shape index (κ1) is 21.4. The highest BCUT2D eigenvalue weighted by atomic mass is 35.5. The number of ketones is 1. The van der Waals surface area contributed by atoms with E-state index in [4.69, 9.17) is 10.5 Å². The molecule has 0 aromatic rings. The summed E-state index contributed by atoms with van der Waals surface area (Å²) in [6, 6.07) is -1.10. The van der Waals surface area contributed by atoms with Gasteiger partial charge in [-0.2, -0.15) is 0 Å². The van der Waals surface area contributed by atoms with Crippen LogP contribution in [0.3, 0.4) is 0 Å². The Morgan fingerprint density at radius 2 is 1.81 bits per heavy atom. The number of halogens is 1. The van der Waals surface area contributed by atoms with Crippen LogP contribution in [-0.4, -0.2) is 49.4 Å². The van der Waals surface area contributed by atoms with Crippen molar-refractivity contribution in [3.63, 3.8) is 0 Å². The van der Waals surface area contributed by atoms with Crippen molar-refractivity contribution in [2.45, 2.75) is 26.0 Å². The molecule has 0 saturated heterocycles. The maximum absolute atomic E-state index is 11.4. The maximum atomic E-state index is 11.4. The summed E-state index contributed by atoms with van der Waals surface area (Å²) < 4.78 is 9.06. The lowest BCUT2D eigenvalue weighted by Crippen LogP contribution is -2.44. The number of amides is 1. The van der Waals surface area contributed by atoms with Crippen LogP contribution in [0.1, 0.15) is 13.8 Å². The normalized spacial score (nSPS) is 12.8. The van der Waals surface area contributed by atoms with E-state index >= 15 is 0 Å². The average molecular weight is 323 g/mol. The van der Waals surface area contributed by atoms with Crippen molar-refractivity contribution in [3.8, 4) is 0 Å². The molecule has 8 nitrogen and oxygen atoms in total. The van der Waals surface area contributed by atoms with E-state index in [1.54, 1.807) is 0 Å². The molecule has 0 rings (SSSR count). The predicted molar refractivity (Wildman–Crippen MR) is 75.6 cm³/mol. The third kappa shape index (κ3) is 9.58. The SMILES string of the molecule is COC(=O)/C=C/C(=O)NC[C@H](N)C(=O)OC(C)C(C)=O.Cl. The summed E-state index contributed by atoms with van der Waals surface area (Å²) in [6.07, 6.45) is 0.988. The number of carbonyl (C=O) groups excluding carboxylic acids is 4. The first-order valence-corrected chi connectivity index (χ1v) is 5.78. The summed E-state index contributed by atoms with van der Waals surface area (Å²) in [5.41, 5.74) is 5.48. The second-order valence-corrected chi connectivity index (χ2v) is 3.90. The third-order valence-corrected chi connectivity index (χ3v) is 2.24. The molecule has 21 heavy (non-hydrogen) atoms. The number of nitrogens with two attached hydrogens (primary N) is 1. The molecule has 0 aromatic carbocycles. The molecule has 0 radical (unpaired) electrons. The molecule has 0 aliphatic heterocycles. The van der Waals surface area contributed by atoms with Gasteiger partial charge in [0.15, 0.2) is 11.9 Å². The van der Waals surface area contributed by atoms with E-state index in [2.05, 4.69) is 10.1 Å².